The summed E-state index contributed by atoms with van der Waals surface area (Å²) in [5, 5.41) is 13.8. The molecule has 0 bridgehead atoms. The van der Waals surface area contributed by atoms with Crippen LogP contribution in [-0.2, 0) is 4.79 Å². The maximum atomic E-state index is 11.2. The molecule has 3 aromatic rings. The van der Waals surface area contributed by atoms with E-state index < -0.39 is 5.97 Å². The zero-order chi connectivity index (χ0) is 22.8. The average Bonchev–Trinajstić information content (AvgIpc) is 3.45. The van der Waals surface area contributed by atoms with E-state index in [0.717, 1.165) is 29.7 Å². The number of hydrogen-bond acceptors (Lipinski definition) is 6. The number of aromatic nitrogens is 2. The molecule has 0 spiro atoms. The van der Waals surface area contributed by atoms with Gasteiger partial charge in [-0.05, 0) is 75.6 Å². The fourth-order valence-corrected chi connectivity index (χ4v) is 4.26. The Morgan fingerprint density at radius 1 is 1.19 bits per heavy atom. The number of hydrogen-bond donors (Lipinski definition) is 1. The summed E-state index contributed by atoms with van der Waals surface area (Å²) in [7, 11) is 2.01. The Hall–Kier alpha value is -3.06. The Bertz CT molecular complexity index is 1100. The molecule has 1 aliphatic rings. The summed E-state index contributed by atoms with van der Waals surface area (Å²) in [5.74, 6) is 0.528. The number of rotatable bonds is 7. The van der Waals surface area contributed by atoms with Gasteiger partial charge in [-0.1, -0.05) is 16.8 Å². The van der Waals surface area contributed by atoms with Crippen LogP contribution in [-0.4, -0.2) is 40.4 Å². The van der Waals surface area contributed by atoms with Gasteiger partial charge in [-0.15, -0.1) is 0 Å². The van der Waals surface area contributed by atoms with Gasteiger partial charge in [-0.3, -0.25) is 4.79 Å². The van der Waals surface area contributed by atoms with E-state index >= 15 is 0 Å². The maximum Gasteiger partial charge on any atom is 0.306 e. The van der Waals surface area contributed by atoms with Crippen molar-refractivity contribution in [2.45, 2.75) is 45.3 Å². The highest BCUT2D eigenvalue weighted by atomic mass is 35.5. The number of nitrogens with zero attached hydrogens (tertiary/aromatic N) is 3. The van der Waals surface area contributed by atoms with E-state index in [-0.39, 0.29) is 18.1 Å². The first-order valence-electron chi connectivity index (χ1n) is 10.7. The van der Waals surface area contributed by atoms with Crippen molar-refractivity contribution in [3.63, 3.8) is 0 Å². The summed E-state index contributed by atoms with van der Waals surface area (Å²) in [6.07, 6.45) is 2.31. The second kappa shape index (κ2) is 9.20. The molecule has 0 amide bonds. The number of carboxylic acids is 1. The van der Waals surface area contributed by atoms with Crippen molar-refractivity contribution in [3.05, 3.63) is 47.5 Å². The number of halogens is 1. The van der Waals surface area contributed by atoms with Crippen molar-refractivity contribution in [1.82, 2.24) is 10.1 Å². The second-order valence-corrected chi connectivity index (χ2v) is 8.80. The fourth-order valence-electron chi connectivity index (χ4n) is 4.03. The third-order valence-electron chi connectivity index (χ3n) is 5.80. The lowest BCUT2D eigenvalue weighted by Crippen LogP contribution is -2.29. The smallest absolute Gasteiger partial charge is 0.306 e. The minimum Gasteiger partial charge on any atom is -0.489 e. The van der Waals surface area contributed by atoms with Gasteiger partial charge in [-0.25, -0.2) is 0 Å². The van der Waals surface area contributed by atoms with Crippen molar-refractivity contribution in [2.24, 2.45) is 5.92 Å². The van der Waals surface area contributed by atoms with Crippen LogP contribution in [0, 0.1) is 5.92 Å². The summed E-state index contributed by atoms with van der Waals surface area (Å²) in [6.45, 7) is 3.89. The van der Waals surface area contributed by atoms with Crippen molar-refractivity contribution in [2.75, 3.05) is 11.9 Å². The van der Waals surface area contributed by atoms with Gasteiger partial charge in [-0.2, -0.15) is 4.98 Å². The van der Waals surface area contributed by atoms with Crippen molar-refractivity contribution < 1.29 is 19.2 Å². The monoisotopic (exact) mass is 455 g/mol. The van der Waals surface area contributed by atoms with Gasteiger partial charge >= 0.3 is 5.97 Å². The number of anilines is 1. The van der Waals surface area contributed by atoms with Crippen molar-refractivity contribution in [1.29, 1.82) is 0 Å². The number of carbonyl (C=O) groups is 1. The predicted octanol–water partition coefficient (Wildman–Crippen LogP) is 5.53. The largest absolute Gasteiger partial charge is 0.489 e. The van der Waals surface area contributed by atoms with Gasteiger partial charge in [0.25, 0.3) is 5.89 Å². The van der Waals surface area contributed by atoms with E-state index in [1.54, 1.807) is 12.1 Å². The molecule has 32 heavy (non-hydrogen) atoms. The van der Waals surface area contributed by atoms with Gasteiger partial charge in [0.2, 0.25) is 5.82 Å². The average molecular weight is 456 g/mol. The second-order valence-electron chi connectivity index (χ2n) is 8.39. The zero-order valence-electron chi connectivity index (χ0n) is 18.3. The Balaban J connectivity index is 1.47. The summed E-state index contributed by atoms with van der Waals surface area (Å²) < 4.78 is 11.1. The first-order chi connectivity index (χ1) is 15.3. The van der Waals surface area contributed by atoms with Gasteiger partial charge in [0.1, 0.15) is 5.75 Å². The Kier molecular flexibility index (Phi) is 6.37. The lowest BCUT2D eigenvalue weighted by atomic mass is 10.1. The van der Waals surface area contributed by atoms with Crippen LogP contribution >= 0.6 is 11.6 Å². The molecular formula is C24H26ClN3O4. The molecule has 1 aromatic heterocycles. The van der Waals surface area contributed by atoms with Crippen LogP contribution in [0.2, 0.25) is 5.02 Å². The maximum absolute atomic E-state index is 11.2. The minimum absolute atomic E-state index is 0.0319. The molecule has 4 rings (SSSR count). The van der Waals surface area contributed by atoms with Crippen LogP contribution in [0.15, 0.2) is 47.0 Å². The van der Waals surface area contributed by atoms with Crippen molar-refractivity contribution >= 4 is 23.3 Å². The van der Waals surface area contributed by atoms with E-state index in [2.05, 4.69) is 15.0 Å². The zero-order valence-corrected chi connectivity index (χ0v) is 19.0. The molecule has 1 saturated carbocycles. The highest BCUT2D eigenvalue weighted by Gasteiger charge is 2.32. The summed E-state index contributed by atoms with van der Waals surface area (Å²) in [5.41, 5.74) is 2.57. The minimum atomic E-state index is -0.702. The van der Waals surface area contributed by atoms with E-state index in [1.165, 1.54) is 0 Å². The highest BCUT2D eigenvalue weighted by molar-refractivity contribution is 6.32. The normalized spacial score (nSPS) is 18.2. The summed E-state index contributed by atoms with van der Waals surface area (Å²) in [6, 6.07) is 13.5. The lowest BCUT2D eigenvalue weighted by Gasteiger charge is -2.26. The molecule has 2 unspecified atom stereocenters. The van der Waals surface area contributed by atoms with Crippen LogP contribution < -0.4 is 9.64 Å². The van der Waals surface area contributed by atoms with Gasteiger partial charge in [0, 0.05) is 29.9 Å². The standard InChI is InChI=1S/C24H26ClN3O4/c1-14(2)31-21-11-7-16(13-20(21)25)22-26-23(32-27-22)15-4-8-18(9-5-15)28(3)19-10-6-17(12-19)24(29)30/h4-5,7-9,11,13-14,17,19H,6,10,12H2,1-3H3,(H,29,30). The first-order valence-corrected chi connectivity index (χ1v) is 11.1. The molecule has 2 aromatic carbocycles. The molecule has 0 saturated heterocycles. The molecular weight excluding hydrogens is 430 g/mol. The number of aliphatic carboxylic acids is 1. The van der Waals surface area contributed by atoms with E-state index in [1.807, 2.05) is 51.2 Å². The summed E-state index contributed by atoms with van der Waals surface area (Å²) >= 11 is 6.33. The molecule has 2 atom stereocenters. The third-order valence-corrected chi connectivity index (χ3v) is 6.10. The number of ether oxygens (including phenoxy) is 1. The SMILES string of the molecule is CC(C)Oc1ccc(-c2noc(-c3ccc(N(C)C4CCC(C(=O)O)C4)cc3)n2)cc1Cl. The Morgan fingerprint density at radius 2 is 1.91 bits per heavy atom. The molecule has 8 heteroatoms. The van der Waals surface area contributed by atoms with Crippen LogP contribution in [0.3, 0.4) is 0 Å². The van der Waals surface area contributed by atoms with Gasteiger partial charge in [0.05, 0.1) is 17.0 Å². The first kappa shape index (κ1) is 22.1. The number of carboxylic acid groups (broad SMARTS) is 1. The van der Waals surface area contributed by atoms with Gasteiger partial charge in [0.15, 0.2) is 0 Å². The Morgan fingerprint density at radius 3 is 2.53 bits per heavy atom. The topological polar surface area (TPSA) is 88.7 Å². The predicted molar refractivity (Wildman–Crippen MR) is 123 cm³/mol. The molecule has 7 nitrogen and oxygen atoms in total. The van der Waals surface area contributed by atoms with Crippen LogP contribution in [0.5, 0.6) is 5.75 Å². The van der Waals surface area contributed by atoms with E-state index in [0.29, 0.717) is 28.9 Å². The fraction of sp³-hybridized carbons (Fsp3) is 0.375. The highest BCUT2D eigenvalue weighted by Crippen LogP contribution is 2.33. The van der Waals surface area contributed by atoms with Crippen molar-refractivity contribution in [3.8, 4) is 28.6 Å². The van der Waals surface area contributed by atoms with E-state index in [4.69, 9.17) is 20.9 Å². The van der Waals surface area contributed by atoms with Crippen LogP contribution in [0.4, 0.5) is 5.69 Å². The van der Waals surface area contributed by atoms with E-state index in [9.17, 15) is 9.90 Å². The lowest BCUT2D eigenvalue weighted by molar-refractivity contribution is -0.141. The number of benzene rings is 2. The molecule has 0 aliphatic heterocycles. The molecule has 1 fully saturated rings. The molecule has 168 valence electrons. The van der Waals surface area contributed by atoms with Gasteiger partial charge < -0.3 is 19.3 Å². The molecule has 1 N–H and O–H groups in total. The molecule has 1 aliphatic carbocycles. The quantitative estimate of drug-likeness (QED) is 0.500. The van der Waals surface area contributed by atoms with Crippen LogP contribution in [0.1, 0.15) is 33.1 Å². The molecule has 0 radical (unpaired) electrons. The summed E-state index contributed by atoms with van der Waals surface area (Å²) in [4.78, 5) is 17.9. The molecule has 1 heterocycles. The Labute approximate surface area is 192 Å². The van der Waals surface area contributed by atoms with Crippen LogP contribution in [0.25, 0.3) is 22.8 Å². The third kappa shape index (κ3) is 4.72.